The molecule has 1 aromatic heterocycles. The number of carbonyl (C=O) groups is 3. The highest BCUT2D eigenvalue weighted by Gasteiger charge is 2.34. The minimum atomic E-state index is -0.422. The molecule has 8 nitrogen and oxygen atoms in total. The SMILES string of the molecule is Cc1ccc(-n2nnc(C(=O)NCCN3C(=O)S/C(=C/c4ccc(Cl)cc4)C3=O)c2C)cc1. The molecule has 1 N–H and O–H groups in total. The number of nitrogens with zero attached hydrogens (tertiary/aromatic N) is 4. The number of hydrogen-bond acceptors (Lipinski definition) is 6. The lowest BCUT2D eigenvalue weighted by molar-refractivity contribution is -0.122. The van der Waals surface area contributed by atoms with Gasteiger partial charge in [-0.05, 0) is 61.5 Å². The maximum Gasteiger partial charge on any atom is 0.293 e. The molecule has 1 aliphatic heterocycles. The molecule has 168 valence electrons. The highest BCUT2D eigenvalue weighted by Crippen LogP contribution is 2.32. The molecular weight excluding hydrogens is 462 g/mol. The van der Waals surface area contributed by atoms with Crippen LogP contribution in [0.1, 0.15) is 27.3 Å². The first-order valence-electron chi connectivity index (χ1n) is 10.1. The van der Waals surface area contributed by atoms with Crippen LogP contribution in [0.5, 0.6) is 0 Å². The molecule has 0 atom stereocenters. The zero-order valence-electron chi connectivity index (χ0n) is 17.9. The molecule has 10 heteroatoms. The van der Waals surface area contributed by atoms with E-state index in [4.69, 9.17) is 11.6 Å². The molecular formula is C23H20ClN5O3S. The molecule has 1 saturated heterocycles. The van der Waals surface area contributed by atoms with Crippen LogP contribution >= 0.6 is 23.4 Å². The smallest absolute Gasteiger partial charge is 0.293 e. The molecule has 3 amide bonds. The van der Waals surface area contributed by atoms with E-state index < -0.39 is 11.8 Å². The number of halogens is 1. The summed E-state index contributed by atoms with van der Waals surface area (Å²) in [6.07, 6.45) is 1.65. The second-order valence-corrected chi connectivity index (χ2v) is 8.84. The second-order valence-electron chi connectivity index (χ2n) is 7.41. The van der Waals surface area contributed by atoms with Crippen molar-refractivity contribution in [2.45, 2.75) is 13.8 Å². The van der Waals surface area contributed by atoms with Crippen LogP contribution in [0, 0.1) is 13.8 Å². The molecule has 2 heterocycles. The van der Waals surface area contributed by atoms with Crippen LogP contribution in [0.4, 0.5) is 4.79 Å². The summed E-state index contributed by atoms with van der Waals surface area (Å²) in [5.74, 6) is -0.815. The molecule has 0 spiro atoms. The molecule has 3 aromatic rings. The number of thioether (sulfide) groups is 1. The first-order chi connectivity index (χ1) is 15.8. The molecule has 4 rings (SSSR count). The van der Waals surface area contributed by atoms with Crippen LogP contribution in [-0.4, -0.2) is 50.0 Å². The normalized spacial score (nSPS) is 14.9. The fraction of sp³-hybridized carbons (Fsp3) is 0.174. The summed E-state index contributed by atoms with van der Waals surface area (Å²) in [6, 6.07) is 14.7. The molecule has 0 saturated carbocycles. The highest BCUT2D eigenvalue weighted by atomic mass is 35.5. The predicted octanol–water partition coefficient (Wildman–Crippen LogP) is 4.00. The molecule has 0 radical (unpaired) electrons. The molecule has 2 aromatic carbocycles. The Morgan fingerprint density at radius 3 is 2.48 bits per heavy atom. The average Bonchev–Trinajstić information content (AvgIpc) is 3.30. The monoisotopic (exact) mass is 481 g/mol. The molecule has 1 aliphatic rings. The number of carbonyl (C=O) groups excluding carboxylic acids is 3. The summed E-state index contributed by atoms with van der Waals surface area (Å²) in [6.45, 7) is 3.90. The van der Waals surface area contributed by atoms with Crippen molar-refractivity contribution in [3.8, 4) is 5.69 Å². The number of rotatable bonds is 6. The van der Waals surface area contributed by atoms with E-state index >= 15 is 0 Å². The van der Waals surface area contributed by atoms with E-state index in [0.29, 0.717) is 15.6 Å². The van der Waals surface area contributed by atoms with Gasteiger partial charge in [0.05, 0.1) is 16.3 Å². The third kappa shape index (κ3) is 4.99. The predicted molar refractivity (Wildman–Crippen MR) is 127 cm³/mol. The number of imide groups is 1. The van der Waals surface area contributed by atoms with E-state index in [-0.39, 0.29) is 24.0 Å². The van der Waals surface area contributed by atoms with Crippen LogP contribution in [0.15, 0.2) is 53.4 Å². The maximum atomic E-state index is 12.6. The lowest BCUT2D eigenvalue weighted by Crippen LogP contribution is -2.37. The molecule has 0 aliphatic carbocycles. The Hall–Kier alpha value is -3.43. The summed E-state index contributed by atoms with van der Waals surface area (Å²) >= 11 is 6.75. The summed E-state index contributed by atoms with van der Waals surface area (Å²) in [4.78, 5) is 38.9. The Bertz CT molecular complexity index is 1250. The first-order valence-corrected chi connectivity index (χ1v) is 11.3. The van der Waals surface area contributed by atoms with Gasteiger partial charge in [0.1, 0.15) is 0 Å². The Labute approximate surface area is 199 Å². The van der Waals surface area contributed by atoms with Gasteiger partial charge in [0.25, 0.3) is 17.1 Å². The fourth-order valence-electron chi connectivity index (χ4n) is 3.24. The summed E-state index contributed by atoms with van der Waals surface area (Å²) in [5.41, 5.74) is 3.46. The molecule has 0 unspecified atom stereocenters. The van der Waals surface area contributed by atoms with Crippen molar-refractivity contribution in [2.24, 2.45) is 0 Å². The number of nitrogens with one attached hydrogen (secondary N) is 1. The third-order valence-electron chi connectivity index (χ3n) is 5.05. The quantitative estimate of drug-likeness (QED) is 0.534. The van der Waals surface area contributed by atoms with Crippen molar-refractivity contribution in [3.05, 3.63) is 81.0 Å². The van der Waals surface area contributed by atoms with Crippen molar-refractivity contribution in [2.75, 3.05) is 13.1 Å². The van der Waals surface area contributed by atoms with Gasteiger partial charge in [0, 0.05) is 18.1 Å². The summed E-state index contributed by atoms with van der Waals surface area (Å²) < 4.78 is 1.59. The fourth-order valence-corrected chi connectivity index (χ4v) is 4.23. The van der Waals surface area contributed by atoms with Gasteiger partial charge in [0.15, 0.2) is 5.69 Å². The summed E-state index contributed by atoms with van der Waals surface area (Å²) in [7, 11) is 0. The zero-order chi connectivity index (χ0) is 23.5. The molecule has 33 heavy (non-hydrogen) atoms. The van der Waals surface area contributed by atoms with Crippen LogP contribution < -0.4 is 5.32 Å². The zero-order valence-corrected chi connectivity index (χ0v) is 19.5. The lowest BCUT2D eigenvalue weighted by atomic mass is 10.2. The average molecular weight is 482 g/mol. The number of aromatic nitrogens is 3. The first kappa shape index (κ1) is 22.8. The lowest BCUT2D eigenvalue weighted by Gasteiger charge is -2.12. The van der Waals surface area contributed by atoms with Gasteiger partial charge in [-0.3, -0.25) is 19.3 Å². The Morgan fingerprint density at radius 2 is 1.79 bits per heavy atom. The molecule has 0 bridgehead atoms. The van der Waals surface area contributed by atoms with Gasteiger partial charge in [0.2, 0.25) is 0 Å². The standard InChI is InChI=1S/C23H20ClN5O3S/c1-14-3-9-18(10-4-14)29-15(2)20(26-27-29)21(30)25-11-12-28-22(31)19(33-23(28)32)13-16-5-7-17(24)8-6-16/h3-10,13H,11-12H2,1-2H3,(H,25,30)/b19-13+. The van der Waals surface area contributed by atoms with Crippen LogP contribution in [0.25, 0.3) is 11.8 Å². The van der Waals surface area contributed by atoms with Crippen molar-refractivity contribution in [1.82, 2.24) is 25.2 Å². The largest absolute Gasteiger partial charge is 0.349 e. The van der Waals surface area contributed by atoms with E-state index in [2.05, 4.69) is 15.6 Å². The molecule has 1 fully saturated rings. The van der Waals surface area contributed by atoms with Crippen LogP contribution in [-0.2, 0) is 4.79 Å². The van der Waals surface area contributed by atoms with Crippen LogP contribution in [0.3, 0.4) is 0 Å². The van der Waals surface area contributed by atoms with Crippen molar-refractivity contribution >= 4 is 46.5 Å². The van der Waals surface area contributed by atoms with Crippen LogP contribution in [0.2, 0.25) is 5.02 Å². The topological polar surface area (TPSA) is 97.2 Å². The maximum absolute atomic E-state index is 12.6. The van der Waals surface area contributed by atoms with E-state index in [1.807, 2.05) is 31.2 Å². The van der Waals surface area contributed by atoms with Gasteiger partial charge in [-0.25, -0.2) is 4.68 Å². The van der Waals surface area contributed by atoms with E-state index in [9.17, 15) is 14.4 Å². The van der Waals surface area contributed by atoms with E-state index in [1.165, 1.54) is 0 Å². The minimum absolute atomic E-state index is 0.0551. The van der Waals surface area contributed by atoms with Gasteiger partial charge in [-0.1, -0.05) is 46.6 Å². The third-order valence-corrected chi connectivity index (χ3v) is 6.21. The number of benzene rings is 2. The van der Waals surface area contributed by atoms with Gasteiger partial charge >= 0.3 is 0 Å². The van der Waals surface area contributed by atoms with Crippen molar-refractivity contribution in [1.29, 1.82) is 0 Å². The minimum Gasteiger partial charge on any atom is -0.349 e. The van der Waals surface area contributed by atoms with Gasteiger partial charge in [-0.15, -0.1) is 5.10 Å². The second kappa shape index (κ2) is 9.60. The Balaban J connectivity index is 1.37. The number of aryl methyl sites for hydroxylation is 1. The number of hydrogen-bond donors (Lipinski definition) is 1. The van der Waals surface area contributed by atoms with E-state index in [0.717, 1.165) is 33.5 Å². The van der Waals surface area contributed by atoms with Gasteiger partial charge in [-0.2, -0.15) is 0 Å². The Kier molecular flexibility index (Phi) is 6.62. The summed E-state index contributed by atoms with van der Waals surface area (Å²) in [5, 5.41) is 11.0. The van der Waals surface area contributed by atoms with E-state index in [1.54, 1.807) is 41.9 Å². The number of amides is 3. The van der Waals surface area contributed by atoms with Crippen molar-refractivity contribution in [3.63, 3.8) is 0 Å². The van der Waals surface area contributed by atoms with Gasteiger partial charge < -0.3 is 5.32 Å². The Morgan fingerprint density at radius 1 is 1.09 bits per heavy atom. The van der Waals surface area contributed by atoms with Crippen molar-refractivity contribution < 1.29 is 14.4 Å². The highest BCUT2D eigenvalue weighted by molar-refractivity contribution is 8.18.